The molecule has 0 unspecified atom stereocenters. The smallest absolute Gasteiger partial charge is 0.256 e. The predicted octanol–water partition coefficient (Wildman–Crippen LogP) is 2.15. The maximum atomic E-state index is 12.5. The van der Waals surface area contributed by atoms with Gasteiger partial charge in [0.1, 0.15) is 11.5 Å². The third-order valence-electron chi connectivity index (χ3n) is 3.15. The summed E-state index contributed by atoms with van der Waals surface area (Å²) in [6.07, 6.45) is 3.16. The van der Waals surface area contributed by atoms with E-state index in [2.05, 4.69) is 0 Å². The first-order valence-electron chi connectivity index (χ1n) is 6.34. The lowest BCUT2D eigenvalue weighted by Crippen LogP contribution is -2.27. The van der Waals surface area contributed by atoms with Gasteiger partial charge >= 0.3 is 0 Å². The van der Waals surface area contributed by atoms with E-state index in [1.165, 1.54) is 14.2 Å². The summed E-state index contributed by atoms with van der Waals surface area (Å²) < 4.78 is 15.3. The number of hydrogen-bond acceptors (Lipinski definition) is 5. The van der Waals surface area contributed by atoms with Gasteiger partial charge < -0.3 is 24.5 Å². The lowest BCUT2D eigenvalue weighted by Gasteiger charge is -2.19. The summed E-state index contributed by atoms with van der Waals surface area (Å²) >= 11 is 0. The number of rotatable bonds is 5. The Morgan fingerprint density at radius 1 is 1.33 bits per heavy atom. The highest BCUT2D eigenvalue weighted by Gasteiger charge is 2.19. The van der Waals surface area contributed by atoms with Crippen molar-refractivity contribution in [3.63, 3.8) is 0 Å². The number of hydrogen-bond donors (Lipinski definition) is 1. The van der Waals surface area contributed by atoms with Gasteiger partial charge in [0.15, 0.2) is 0 Å². The van der Waals surface area contributed by atoms with Crippen LogP contribution in [0.15, 0.2) is 35.1 Å². The van der Waals surface area contributed by atoms with Crippen LogP contribution in [-0.4, -0.2) is 32.1 Å². The van der Waals surface area contributed by atoms with E-state index in [0.717, 1.165) is 5.56 Å². The minimum absolute atomic E-state index is 0.217. The predicted molar refractivity (Wildman–Crippen MR) is 78.5 cm³/mol. The second-order valence-corrected chi connectivity index (χ2v) is 4.58. The molecule has 0 bridgehead atoms. The van der Waals surface area contributed by atoms with Crippen LogP contribution in [-0.2, 0) is 6.54 Å². The molecule has 1 aromatic heterocycles. The van der Waals surface area contributed by atoms with E-state index < -0.39 is 0 Å². The van der Waals surface area contributed by atoms with Crippen LogP contribution in [0.2, 0.25) is 0 Å². The molecule has 6 nitrogen and oxygen atoms in total. The summed E-state index contributed by atoms with van der Waals surface area (Å²) in [6, 6.07) is 5.05. The van der Waals surface area contributed by atoms with Gasteiger partial charge in [-0.2, -0.15) is 0 Å². The molecule has 2 N–H and O–H groups in total. The third-order valence-corrected chi connectivity index (χ3v) is 3.15. The fourth-order valence-electron chi connectivity index (χ4n) is 2.00. The lowest BCUT2D eigenvalue weighted by molar-refractivity contribution is 0.0785. The molecular weight excluding hydrogens is 272 g/mol. The maximum Gasteiger partial charge on any atom is 0.256 e. The van der Waals surface area contributed by atoms with E-state index in [0.29, 0.717) is 29.3 Å². The van der Waals surface area contributed by atoms with Crippen molar-refractivity contribution in [2.45, 2.75) is 6.54 Å². The Bertz CT molecular complexity index is 623. The minimum Gasteiger partial charge on any atom is -0.497 e. The Morgan fingerprint density at radius 2 is 2.10 bits per heavy atom. The van der Waals surface area contributed by atoms with Crippen molar-refractivity contribution in [3.05, 3.63) is 41.9 Å². The molecule has 0 spiro atoms. The minimum atomic E-state index is -0.217. The second kappa shape index (κ2) is 6.21. The number of methoxy groups -OCH3 is 2. The molecule has 1 amide bonds. The number of nitrogens with zero attached hydrogens (tertiary/aromatic N) is 1. The van der Waals surface area contributed by atoms with Crippen LogP contribution in [0.3, 0.4) is 0 Å². The number of carbonyl (C=O) groups is 1. The average Bonchev–Trinajstić information content (AvgIpc) is 2.99. The molecule has 0 radical (unpaired) electrons. The molecule has 0 atom stereocenters. The number of nitrogen functional groups attached to an aromatic ring is 1. The zero-order valence-corrected chi connectivity index (χ0v) is 12.3. The molecular formula is C15H18N2O4. The summed E-state index contributed by atoms with van der Waals surface area (Å²) in [5.74, 6) is 0.710. The monoisotopic (exact) mass is 290 g/mol. The van der Waals surface area contributed by atoms with Gasteiger partial charge in [-0.25, -0.2) is 0 Å². The normalized spacial score (nSPS) is 10.2. The highest BCUT2D eigenvalue weighted by atomic mass is 16.5. The molecule has 0 aliphatic rings. The van der Waals surface area contributed by atoms with Crippen molar-refractivity contribution in [3.8, 4) is 11.5 Å². The largest absolute Gasteiger partial charge is 0.497 e. The number of nitrogens with two attached hydrogens (primary N) is 1. The van der Waals surface area contributed by atoms with Gasteiger partial charge in [-0.3, -0.25) is 4.79 Å². The number of carbonyl (C=O) groups excluding carboxylic acids is 1. The van der Waals surface area contributed by atoms with Crippen LogP contribution in [0.4, 0.5) is 5.69 Å². The molecule has 0 aliphatic carbocycles. The quantitative estimate of drug-likeness (QED) is 0.854. The van der Waals surface area contributed by atoms with E-state index in [4.69, 9.17) is 19.6 Å². The Kier molecular flexibility index (Phi) is 4.37. The van der Waals surface area contributed by atoms with Crippen LogP contribution in [0.25, 0.3) is 0 Å². The van der Waals surface area contributed by atoms with E-state index in [1.807, 2.05) is 0 Å². The summed E-state index contributed by atoms with van der Waals surface area (Å²) in [4.78, 5) is 14.1. The average molecular weight is 290 g/mol. The SMILES string of the molecule is COc1cc(OC)c(N)c(C(=O)N(C)Cc2ccoc2)c1. The summed E-state index contributed by atoms with van der Waals surface area (Å²) in [7, 11) is 4.71. The molecule has 0 aliphatic heterocycles. The van der Waals surface area contributed by atoms with Gasteiger partial charge in [0.2, 0.25) is 0 Å². The van der Waals surface area contributed by atoms with Gasteiger partial charge in [-0.15, -0.1) is 0 Å². The van der Waals surface area contributed by atoms with Crippen molar-refractivity contribution in [2.75, 3.05) is 27.0 Å². The van der Waals surface area contributed by atoms with Gasteiger partial charge in [-0.1, -0.05) is 0 Å². The Morgan fingerprint density at radius 3 is 2.67 bits per heavy atom. The van der Waals surface area contributed by atoms with Crippen molar-refractivity contribution < 1.29 is 18.7 Å². The number of amides is 1. The number of ether oxygens (including phenoxy) is 2. The molecule has 2 rings (SSSR count). The van der Waals surface area contributed by atoms with Crippen LogP contribution in [0, 0.1) is 0 Å². The van der Waals surface area contributed by atoms with E-state index in [1.54, 1.807) is 42.7 Å². The molecule has 2 aromatic rings. The number of furan rings is 1. The first kappa shape index (κ1) is 14.8. The first-order valence-corrected chi connectivity index (χ1v) is 6.34. The van der Waals surface area contributed by atoms with E-state index >= 15 is 0 Å². The standard InChI is InChI=1S/C15H18N2O4/c1-17(8-10-4-5-21-9-10)15(18)12-6-11(19-2)7-13(20-3)14(12)16/h4-7,9H,8,16H2,1-3H3. The molecule has 0 saturated carbocycles. The van der Waals surface area contributed by atoms with Crippen LogP contribution < -0.4 is 15.2 Å². The topological polar surface area (TPSA) is 77.9 Å². The summed E-state index contributed by atoms with van der Waals surface area (Å²) in [6.45, 7) is 0.425. The molecule has 1 aromatic carbocycles. The zero-order chi connectivity index (χ0) is 15.4. The Labute approximate surface area is 123 Å². The van der Waals surface area contributed by atoms with Crippen LogP contribution in [0.5, 0.6) is 11.5 Å². The van der Waals surface area contributed by atoms with E-state index in [-0.39, 0.29) is 5.91 Å². The number of benzene rings is 1. The first-order chi connectivity index (χ1) is 10.1. The van der Waals surface area contributed by atoms with E-state index in [9.17, 15) is 4.79 Å². The molecule has 0 saturated heterocycles. The summed E-state index contributed by atoms with van der Waals surface area (Å²) in [5, 5.41) is 0. The van der Waals surface area contributed by atoms with Crippen molar-refractivity contribution in [1.29, 1.82) is 0 Å². The van der Waals surface area contributed by atoms with Crippen molar-refractivity contribution >= 4 is 11.6 Å². The number of anilines is 1. The van der Waals surface area contributed by atoms with Gasteiger partial charge in [-0.05, 0) is 12.1 Å². The molecule has 21 heavy (non-hydrogen) atoms. The fraction of sp³-hybridized carbons (Fsp3) is 0.267. The van der Waals surface area contributed by atoms with Crippen LogP contribution in [0.1, 0.15) is 15.9 Å². The highest BCUT2D eigenvalue weighted by Crippen LogP contribution is 2.31. The van der Waals surface area contributed by atoms with Gasteiger partial charge in [0.05, 0.1) is 38.0 Å². The molecule has 112 valence electrons. The van der Waals surface area contributed by atoms with Gasteiger partial charge in [0, 0.05) is 25.2 Å². The Balaban J connectivity index is 2.29. The fourth-order valence-corrected chi connectivity index (χ4v) is 2.00. The summed E-state index contributed by atoms with van der Waals surface area (Å²) in [5.41, 5.74) is 7.52. The zero-order valence-electron chi connectivity index (χ0n) is 12.3. The van der Waals surface area contributed by atoms with Crippen molar-refractivity contribution in [1.82, 2.24) is 4.90 Å². The highest BCUT2D eigenvalue weighted by molar-refractivity contribution is 6.00. The maximum absolute atomic E-state index is 12.5. The third kappa shape index (κ3) is 3.10. The van der Waals surface area contributed by atoms with Crippen molar-refractivity contribution in [2.24, 2.45) is 0 Å². The lowest BCUT2D eigenvalue weighted by atomic mass is 10.1. The Hall–Kier alpha value is -2.63. The molecule has 0 fully saturated rings. The molecule has 1 heterocycles. The van der Waals surface area contributed by atoms with Crippen LogP contribution >= 0.6 is 0 Å². The van der Waals surface area contributed by atoms with Gasteiger partial charge in [0.25, 0.3) is 5.91 Å². The molecule has 6 heteroatoms. The second-order valence-electron chi connectivity index (χ2n) is 4.58.